The van der Waals surface area contributed by atoms with Crippen LogP contribution >= 0.6 is 0 Å². The highest BCUT2D eigenvalue weighted by Crippen LogP contribution is 2.23. The topological polar surface area (TPSA) is 78.9 Å². The van der Waals surface area contributed by atoms with Crippen LogP contribution in [-0.4, -0.2) is 24.5 Å². The summed E-state index contributed by atoms with van der Waals surface area (Å²) in [5, 5.41) is 0. The van der Waals surface area contributed by atoms with Crippen molar-refractivity contribution in [2.75, 3.05) is 6.61 Å². The lowest BCUT2D eigenvalue weighted by Crippen LogP contribution is -2.07. The summed E-state index contributed by atoms with van der Waals surface area (Å²) >= 11 is 0. The summed E-state index contributed by atoms with van der Waals surface area (Å²) < 4.78 is 15.6. The molecular weight excluding hydrogens is 468 g/mol. The van der Waals surface area contributed by atoms with E-state index in [4.69, 9.17) is 14.2 Å². The smallest absolute Gasteiger partial charge is 0.338 e. The van der Waals surface area contributed by atoms with Crippen molar-refractivity contribution in [3.63, 3.8) is 0 Å². The zero-order chi connectivity index (χ0) is 26.8. The summed E-state index contributed by atoms with van der Waals surface area (Å²) in [6.07, 6.45) is 3.56. The van der Waals surface area contributed by atoms with E-state index in [9.17, 15) is 14.4 Å². The second-order valence-corrected chi connectivity index (χ2v) is 8.38. The van der Waals surface area contributed by atoms with Gasteiger partial charge >= 0.3 is 17.9 Å². The van der Waals surface area contributed by atoms with E-state index in [0.717, 1.165) is 22.3 Å². The van der Waals surface area contributed by atoms with E-state index < -0.39 is 11.9 Å². The van der Waals surface area contributed by atoms with Crippen molar-refractivity contribution in [2.24, 2.45) is 0 Å². The molecule has 6 heteroatoms. The second kappa shape index (κ2) is 12.8. The van der Waals surface area contributed by atoms with E-state index in [-0.39, 0.29) is 5.97 Å². The molecule has 0 bridgehead atoms. The van der Waals surface area contributed by atoms with Crippen LogP contribution in [0.15, 0.2) is 103 Å². The molecule has 0 aliphatic rings. The lowest BCUT2D eigenvalue weighted by molar-refractivity contribution is -0.138. The molecule has 0 spiro atoms. The zero-order valence-electron chi connectivity index (χ0n) is 20.9. The van der Waals surface area contributed by atoms with E-state index >= 15 is 0 Å². The largest absolute Gasteiger partial charge is 0.462 e. The molecule has 0 aliphatic heterocycles. The van der Waals surface area contributed by atoms with E-state index in [1.807, 2.05) is 36.4 Å². The molecule has 6 nitrogen and oxygen atoms in total. The number of rotatable bonds is 10. The van der Waals surface area contributed by atoms with Crippen molar-refractivity contribution >= 4 is 24.0 Å². The summed E-state index contributed by atoms with van der Waals surface area (Å²) in [6, 6.07) is 21.9. The maximum Gasteiger partial charge on any atom is 0.338 e. The lowest BCUT2D eigenvalue weighted by Gasteiger charge is -2.07. The predicted molar refractivity (Wildman–Crippen MR) is 143 cm³/mol. The highest BCUT2D eigenvalue weighted by molar-refractivity contribution is 5.89. The first-order valence-corrected chi connectivity index (χ1v) is 11.6. The number of esters is 3. The fourth-order valence-electron chi connectivity index (χ4n) is 3.12. The number of benzene rings is 3. The van der Waals surface area contributed by atoms with Gasteiger partial charge in [0, 0.05) is 23.6 Å². The molecule has 0 saturated heterocycles. The molecule has 37 heavy (non-hydrogen) atoms. The van der Waals surface area contributed by atoms with Crippen LogP contribution in [0.1, 0.15) is 25.0 Å². The molecule has 0 aromatic heterocycles. The van der Waals surface area contributed by atoms with Gasteiger partial charge in [-0.2, -0.15) is 0 Å². The van der Waals surface area contributed by atoms with E-state index in [0.29, 0.717) is 35.7 Å². The van der Waals surface area contributed by atoms with Crippen molar-refractivity contribution in [3.8, 4) is 22.6 Å². The third kappa shape index (κ3) is 8.47. The fourth-order valence-corrected chi connectivity index (χ4v) is 3.12. The van der Waals surface area contributed by atoms with Crippen LogP contribution in [-0.2, 0) is 25.5 Å². The minimum Gasteiger partial charge on any atom is -0.462 e. The summed E-state index contributed by atoms with van der Waals surface area (Å²) in [4.78, 5) is 35.2. The SMILES string of the molecule is C=C(C)C(=O)OCCc1ccc(-c2ccc(OC(=O)/C=C/c3ccc(OC(=O)C(=C)C)cc3)cc2)cc1. The van der Waals surface area contributed by atoms with Gasteiger partial charge in [0.25, 0.3) is 0 Å². The summed E-state index contributed by atoms with van der Waals surface area (Å²) in [7, 11) is 0. The van der Waals surface area contributed by atoms with Gasteiger partial charge in [-0.05, 0) is 66.4 Å². The van der Waals surface area contributed by atoms with Crippen LogP contribution < -0.4 is 9.47 Å². The molecule has 0 aliphatic carbocycles. The van der Waals surface area contributed by atoms with Crippen molar-refractivity contribution < 1.29 is 28.6 Å². The molecule has 0 unspecified atom stereocenters. The molecular formula is C31H28O6. The van der Waals surface area contributed by atoms with Gasteiger partial charge in [0.05, 0.1) is 6.61 Å². The third-order valence-corrected chi connectivity index (χ3v) is 5.18. The Kier molecular flexibility index (Phi) is 9.33. The Balaban J connectivity index is 1.50. The monoisotopic (exact) mass is 496 g/mol. The number of ether oxygens (including phenoxy) is 3. The molecule has 0 radical (unpaired) electrons. The van der Waals surface area contributed by atoms with E-state index in [1.54, 1.807) is 56.3 Å². The van der Waals surface area contributed by atoms with Gasteiger partial charge < -0.3 is 14.2 Å². The van der Waals surface area contributed by atoms with Crippen LogP contribution in [0.2, 0.25) is 0 Å². The first kappa shape index (κ1) is 26.9. The first-order chi connectivity index (χ1) is 17.7. The van der Waals surface area contributed by atoms with Crippen molar-refractivity contribution in [1.29, 1.82) is 0 Å². The number of carbonyl (C=O) groups is 3. The van der Waals surface area contributed by atoms with Crippen LogP contribution in [0.5, 0.6) is 11.5 Å². The second-order valence-electron chi connectivity index (χ2n) is 8.38. The molecule has 3 aromatic rings. The molecule has 0 amide bonds. The summed E-state index contributed by atoms with van der Waals surface area (Å²) in [5.41, 5.74) is 4.49. The summed E-state index contributed by atoms with van der Waals surface area (Å²) in [6.45, 7) is 10.6. The Bertz CT molecular complexity index is 1310. The van der Waals surface area contributed by atoms with Gasteiger partial charge in [-0.1, -0.05) is 61.7 Å². The minimum absolute atomic E-state index is 0.301. The summed E-state index contributed by atoms with van der Waals surface area (Å²) in [5.74, 6) is -0.565. The Labute approximate surface area is 216 Å². The first-order valence-electron chi connectivity index (χ1n) is 11.6. The van der Waals surface area contributed by atoms with Gasteiger partial charge in [-0.3, -0.25) is 0 Å². The van der Waals surface area contributed by atoms with Crippen LogP contribution in [0.25, 0.3) is 17.2 Å². The fraction of sp³-hybridized carbons (Fsp3) is 0.129. The normalized spacial score (nSPS) is 10.5. The lowest BCUT2D eigenvalue weighted by atomic mass is 10.0. The maximum absolute atomic E-state index is 12.2. The van der Waals surface area contributed by atoms with Crippen molar-refractivity contribution in [1.82, 2.24) is 0 Å². The Morgan fingerprint density at radius 2 is 1.22 bits per heavy atom. The molecule has 3 aromatic carbocycles. The van der Waals surface area contributed by atoms with Crippen LogP contribution in [0.4, 0.5) is 0 Å². The van der Waals surface area contributed by atoms with Crippen LogP contribution in [0.3, 0.4) is 0 Å². The van der Waals surface area contributed by atoms with Gasteiger partial charge in [-0.25, -0.2) is 14.4 Å². The van der Waals surface area contributed by atoms with Gasteiger partial charge in [-0.15, -0.1) is 0 Å². The minimum atomic E-state index is -0.512. The molecule has 3 rings (SSSR count). The third-order valence-electron chi connectivity index (χ3n) is 5.18. The molecule has 0 saturated carbocycles. The number of hydrogen-bond acceptors (Lipinski definition) is 6. The quantitative estimate of drug-likeness (QED) is 0.191. The average Bonchev–Trinajstić information content (AvgIpc) is 2.89. The van der Waals surface area contributed by atoms with E-state index in [2.05, 4.69) is 13.2 Å². The molecule has 0 fully saturated rings. The molecule has 0 heterocycles. The Hall–Kier alpha value is -4.71. The highest BCUT2D eigenvalue weighted by atomic mass is 16.5. The zero-order valence-corrected chi connectivity index (χ0v) is 20.9. The Morgan fingerprint density at radius 1 is 0.703 bits per heavy atom. The van der Waals surface area contributed by atoms with Crippen LogP contribution in [0, 0.1) is 0 Å². The standard InChI is InChI=1S/C31H28O6/c1-21(2)30(33)35-20-19-24-5-10-25(11-6-24)26-12-16-27(17-13-26)36-29(32)18-9-23-7-14-28(15-8-23)37-31(34)22(3)4/h5-18H,1,3,19-20H2,2,4H3/b18-9+. The molecule has 188 valence electrons. The average molecular weight is 497 g/mol. The Morgan fingerprint density at radius 3 is 1.78 bits per heavy atom. The van der Waals surface area contributed by atoms with Crippen molar-refractivity contribution in [3.05, 3.63) is 114 Å². The van der Waals surface area contributed by atoms with E-state index in [1.165, 1.54) is 6.08 Å². The predicted octanol–water partition coefficient (Wildman–Crippen LogP) is 6.12. The van der Waals surface area contributed by atoms with Gasteiger partial charge in [0.2, 0.25) is 0 Å². The van der Waals surface area contributed by atoms with Crippen molar-refractivity contribution in [2.45, 2.75) is 20.3 Å². The number of hydrogen-bond donors (Lipinski definition) is 0. The van der Waals surface area contributed by atoms with Gasteiger partial charge in [0.1, 0.15) is 11.5 Å². The molecule has 0 atom stereocenters. The van der Waals surface area contributed by atoms with Gasteiger partial charge in [0.15, 0.2) is 0 Å². The maximum atomic E-state index is 12.2. The molecule has 0 N–H and O–H groups in total. The highest BCUT2D eigenvalue weighted by Gasteiger charge is 2.06. The number of carbonyl (C=O) groups excluding carboxylic acids is 3.